The molecule has 0 bridgehead atoms. The standard InChI is InChI=1S/C25H31N7O3/c1-25(2)14-17-13-19(22(29-24(17)35-25)32-9-7-31(8-10-32)11-12-33)23(34)28-21-6-4-5-20(27-21)18-15-26-30(3)16-18/h4-6,13,15-16,33H,7-12,14H2,1-3H3,(H,27,28,34). The number of nitrogens with one attached hydrogen (secondary N) is 1. The topological polar surface area (TPSA) is 109 Å². The van der Waals surface area contributed by atoms with Crippen LogP contribution in [0.25, 0.3) is 11.3 Å². The van der Waals surface area contributed by atoms with E-state index in [0.717, 1.165) is 29.9 Å². The summed E-state index contributed by atoms with van der Waals surface area (Å²) in [5.41, 5.74) is 2.69. The molecule has 5 heterocycles. The van der Waals surface area contributed by atoms with Crippen LogP contribution in [0.3, 0.4) is 0 Å². The van der Waals surface area contributed by atoms with Gasteiger partial charge in [0.25, 0.3) is 5.91 Å². The van der Waals surface area contributed by atoms with E-state index in [-0.39, 0.29) is 18.1 Å². The molecule has 0 unspecified atom stereocenters. The van der Waals surface area contributed by atoms with E-state index in [1.807, 2.05) is 45.3 Å². The molecule has 0 atom stereocenters. The minimum atomic E-state index is -0.360. The number of hydrogen-bond acceptors (Lipinski definition) is 8. The Balaban J connectivity index is 1.43. The van der Waals surface area contributed by atoms with Crippen LogP contribution in [0.15, 0.2) is 36.7 Å². The van der Waals surface area contributed by atoms with E-state index in [2.05, 4.69) is 25.2 Å². The smallest absolute Gasteiger partial charge is 0.260 e. The number of amides is 1. The van der Waals surface area contributed by atoms with E-state index in [1.54, 1.807) is 16.9 Å². The molecule has 10 nitrogen and oxygen atoms in total. The molecule has 3 aromatic rings. The molecular weight excluding hydrogens is 446 g/mol. The fraction of sp³-hybridized carbons (Fsp3) is 0.440. The summed E-state index contributed by atoms with van der Waals surface area (Å²) in [5, 5.41) is 16.4. The van der Waals surface area contributed by atoms with Crippen molar-refractivity contribution < 1.29 is 14.6 Å². The second-order valence-electron chi connectivity index (χ2n) is 9.68. The third kappa shape index (κ3) is 4.98. The number of anilines is 2. The summed E-state index contributed by atoms with van der Waals surface area (Å²) >= 11 is 0. The third-order valence-corrected chi connectivity index (χ3v) is 6.35. The van der Waals surface area contributed by atoms with Crippen molar-refractivity contribution in [2.24, 2.45) is 7.05 Å². The van der Waals surface area contributed by atoms with Gasteiger partial charge in [0, 0.05) is 63.5 Å². The summed E-state index contributed by atoms with van der Waals surface area (Å²) in [6.45, 7) is 7.84. The Labute approximate surface area is 204 Å². The first-order valence-electron chi connectivity index (χ1n) is 11.9. The van der Waals surface area contributed by atoms with Gasteiger partial charge >= 0.3 is 0 Å². The largest absolute Gasteiger partial charge is 0.471 e. The van der Waals surface area contributed by atoms with Gasteiger partial charge < -0.3 is 20.1 Å². The maximum absolute atomic E-state index is 13.5. The predicted molar refractivity (Wildman–Crippen MR) is 133 cm³/mol. The van der Waals surface area contributed by atoms with E-state index in [9.17, 15) is 9.90 Å². The highest BCUT2D eigenvalue weighted by Gasteiger charge is 2.34. The summed E-state index contributed by atoms with van der Waals surface area (Å²) in [5.74, 6) is 1.42. The highest BCUT2D eigenvalue weighted by atomic mass is 16.5. The number of nitrogens with zero attached hydrogens (tertiary/aromatic N) is 6. The van der Waals surface area contributed by atoms with Crippen LogP contribution in [-0.4, -0.2) is 80.6 Å². The number of aliphatic hydroxyl groups excluding tert-OH is 1. The van der Waals surface area contributed by atoms with Crippen LogP contribution < -0.4 is 15.0 Å². The molecule has 35 heavy (non-hydrogen) atoms. The molecule has 0 aromatic carbocycles. The van der Waals surface area contributed by atoms with E-state index in [0.29, 0.717) is 49.1 Å². The van der Waals surface area contributed by atoms with Crippen LogP contribution >= 0.6 is 0 Å². The van der Waals surface area contributed by atoms with Crippen molar-refractivity contribution >= 4 is 17.5 Å². The van der Waals surface area contributed by atoms with Crippen molar-refractivity contribution in [3.05, 3.63) is 47.8 Å². The Morgan fingerprint density at radius 3 is 2.71 bits per heavy atom. The first kappa shape index (κ1) is 23.3. The van der Waals surface area contributed by atoms with Gasteiger partial charge in [-0.25, -0.2) is 4.98 Å². The molecule has 10 heteroatoms. The number of hydrogen-bond donors (Lipinski definition) is 2. The summed E-state index contributed by atoms with van der Waals surface area (Å²) in [6, 6.07) is 7.44. The van der Waals surface area contributed by atoms with Crippen LogP contribution in [0.1, 0.15) is 29.8 Å². The highest BCUT2D eigenvalue weighted by Crippen LogP contribution is 2.37. The molecule has 0 aliphatic carbocycles. The van der Waals surface area contributed by atoms with Crippen molar-refractivity contribution in [3.8, 4) is 17.1 Å². The van der Waals surface area contributed by atoms with Crippen molar-refractivity contribution in [3.63, 3.8) is 0 Å². The van der Waals surface area contributed by atoms with Gasteiger partial charge in [-0.15, -0.1) is 0 Å². The summed E-state index contributed by atoms with van der Waals surface area (Å²) in [6.07, 6.45) is 4.32. The van der Waals surface area contributed by atoms with Crippen LogP contribution in [0.4, 0.5) is 11.6 Å². The molecule has 1 fully saturated rings. The lowest BCUT2D eigenvalue weighted by Gasteiger charge is -2.35. The average molecular weight is 478 g/mol. The number of pyridine rings is 2. The summed E-state index contributed by atoms with van der Waals surface area (Å²) in [7, 11) is 1.85. The Bertz CT molecular complexity index is 1230. The van der Waals surface area contributed by atoms with E-state index >= 15 is 0 Å². The SMILES string of the molecule is Cn1cc(-c2cccc(NC(=O)c3cc4c(nc3N3CCN(CCO)CC3)OC(C)(C)C4)n2)cn1. The van der Waals surface area contributed by atoms with Crippen LogP contribution in [0, 0.1) is 0 Å². The molecule has 2 aliphatic rings. The fourth-order valence-corrected chi connectivity index (χ4v) is 4.64. The normalized spacial score (nSPS) is 17.2. The lowest BCUT2D eigenvalue weighted by Crippen LogP contribution is -2.48. The van der Waals surface area contributed by atoms with E-state index < -0.39 is 0 Å². The summed E-state index contributed by atoms with van der Waals surface area (Å²) < 4.78 is 7.79. The monoisotopic (exact) mass is 477 g/mol. The Hall–Kier alpha value is -3.50. The van der Waals surface area contributed by atoms with Crippen LogP contribution in [0.2, 0.25) is 0 Å². The van der Waals surface area contributed by atoms with Gasteiger partial charge in [0.1, 0.15) is 17.2 Å². The second-order valence-corrected chi connectivity index (χ2v) is 9.68. The molecule has 3 aromatic heterocycles. The average Bonchev–Trinajstić information content (AvgIpc) is 3.40. The number of carbonyl (C=O) groups excluding carboxylic acids is 1. The lowest BCUT2D eigenvalue weighted by molar-refractivity contribution is 0.102. The van der Waals surface area contributed by atoms with Crippen molar-refractivity contribution in [2.75, 3.05) is 49.5 Å². The summed E-state index contributed by atoms with van der Waals surface area (Å²) in [4.78, 5) is 27.3. The zero-order chi connectivity index (χ0) is 24.6. The Morgan fingerprint density at radius 1 is 1.20 bits per heavy atom. The number of β-amino-alcohol motifs (C(OH)–C–C–N with tert-alkyl or cyclic N) is 1. The number of piperazine rings is 1. The maximum atomic E-state index is 13.5. The Kier molecular flexibility index (Phi) is 6.16. The molecule has 2 aliphatic heterocycles. The second kappa shape index (κ2) is 9.27. The molecule has 1 amide bonds. The number of fused-ring (bicyclic) bond motifs is 1. The predicted octanol–water partition coefficient (Wildman–Crippen LogP) is 1.96. The number of aromatic nitrogens is 4. The van der Waals surface area contributed by atoms with Gasteiger partial charge in [-0.3, -0.25) is 14.4 Å². The van der Waals surface area contributed by atoms with Gasteiger partial charge in [0.2, 0.25) is 5.88 Å². The molecule has 1 saturated heterocycles. The minimum Gasteiger partial charge on any atom is -0.471 e. The van der Waals surface area contributed by atoms with Gasteiger partial charge in [0.05, 0.1) is 24.1 Å². The first-order valence-corrected chi connectivity index (χ1v) is 11.9. The number of rotatable bonds is 6. The van der Waals surface area contributed by atoms with Crippen molar-refractivity contribution in [2.45, 2.75) is 25.9 Å². The van der Waals surface area contributed by atoms with Gasteiger partial charge in [-0.05, 0) is 32.0 Å². The lowest BCUT2D eigenvalue weighted by atomic mass is 10.0. The zero-order valence-corrected chi connectivity index (χ0v) is 20.4. The van der Waals surface area contributed by atoms with Crippen LogP contribution in [0.5, 0.6) is 5.88 Å². The third-order valence-electron chi connectivity index (χ3n) is 6.35. The van der Waals surface area contributed by atoms with Crippen LogP contribution in [-0.2, 0) is 13.5 Å². The van der Waals surface area contributed by atoms with Crippen molar-refractivity contribution in [1.29, 1.82) is 0 Å². The maximum Gasteiger partial charge on any atom is 0.260 e. The molecule has 0 saturated carbocycles. The Morgan fingerprint density at radius 2 is 2.00 bits per heavy atom. The quantitative estimate of drug-likeness (QED) is 0.555. The highest BCUT2D eigenvalue weighted by molar-refractivity contribution is 6.07. The van der Waals surface area contributed by atoms with Gasteiger partial charge in [-0.2, -0.15) is 10.1 Å². The number of carbonyl (C=O) groups is 1. The molecule has 5 rings (SSSR count). The number of aliphatic hydroxyl groups is 1. The molecule has 0 spiro atoms. The zero-order valence-electron chi connectivity index (χ0n) is 20.4. The van der Waals surface area contributed by atoms with Gasteiger partial charge in [-0.1, -0.05) is 6.07 Å². The van der Waals surface area contributed by atoms with Gasteiger partial charge in [0.15, 0.2) is 0 Å². The van der Waals surface area contributed by atoms with E-state index in [4.69, 9.17) is 9.72 Å². The molecule has 2 N–H and O–H groups in total. The first-order chi connectivity index (χ1) is 16.8. The number of ether oxygens (including phenoxy) is 1. The molecule has 0 radical (unpaired) electrons. The minimum absolute atomic E-state index is 0.138. The fourth-order valence-electron chi connectivity index (χ4n) is 4.64. The van der Waals surface area contributed by atoms with E-state index in [1.165, 1.54) is 0 Å². The molecule has 184 valence electrons. The molecular formula is C25H31N7O3. The van der Waals surface area contributed by atoms with Crippen molar-refractivity contribution in [1.82, 2.24) is 24.6 Å². The number of aryl methyl sites for hydroxylation is 1.